The minimum atomic E-state index is -0.0561. The van der Waals surface area contributed by atoms with Crippen molar-refractivity contribution in [2.75, 3.05) is 13.2 Å². The topological polar surface area (TPSA) is 46.5 Å². The second-order valence-corrected chi connectivity index (χ2v) is 4.16. The van der Waals surface area contributed by atoms with Gasteiger partial charge < -0.3 is 9.84 Å². The summed E-state index contributed by atoms with van der Waals surface area (Å²) in [6.45, 7) is 0.0689. The molecule has 0 saturated heterocycles. The fraction of sp³-hybridized carbons (Fsp3) is 0.188. The van der Waals surface area contributed by atoms with Crippen LogP contribution in [0.1, 0.15) is 15.9 Å². The number of Topliss-reactive ketones (excluding diaryl/α,β-unsaturated/α-hetero) is 1. The molecule has 3 heteroatoms. The minimum absolute atomic E-state index is 0.00640. The van der Waals surface area contributed by atoms with Crippen LogP contribution in [0.15, 0.2) is 54.6 Å². The summed E-state index contributed by atoms with van der Waals surface area (Å²) in [5.41, 5.74) is 1.55. The highest BCUT2D eigenvalue weighted by molar-refractivity contribution is 5.97. The monoisotopic (exact) mass is 256 g/mol. The van der Waals surface area contributed by atoms with E-state index >= 15 is 0 Å². The Morgan fingerprint density at radius 1 is 1.00 bits per heavy atom. The van der Waals surface area contributed by atoms with Crippen LogP contribution >= 0.6 is 0 Å². The SMILES string of the molecule is O=C(COc1ccccc1CCO)c1ccccc1. The van der Waals surface area contributed by atoms with Crippen LogP contribution in [0.3, 0.4) is 0 Å². The Bertz CT molecular complexity index is 535. The summed E-state index contributed by atoms with van der Waals surface area (Å²) in [6.07, 6.45) is 0.524. The van der Waals surface area contributed by atoms with Gasteiger partial charge in [0.1, 0.15) is 5.75 Å². The molecule has 0 aromatic heterocycles. The summed E-state index contributed by atoms with van der Waals surface area (Å²) in [5.74, 6) is 0.597. The van der Waals surface area contributed by atoms with Gasteiger partial charge in [0.25, 0.3) is 0 Å². The van der Waals surface area contributed by atoms with Crippen LogP contribution in [0, 0.1) is 0 Å². The van der Waals surface area contributed by atoms with Gasteiger partial charge in [-0.2, -0.15) is 0 Å². The number of carbonyl (C=O) groups is 1. The highest BCUT2D eigenvalue weighted by Gasteiger charge is 2.08. The molecule has 0 bridgehead atoms. The Morgan fingerprint density at radius 3 is 2.42 bits per heavy atom. The van der Waals surface area contributed by atoms with Gasteiger partial charge in [-0.3, -0.25) is 4.79 Å². The predicted molar refractivity (Wildman–Crippen MR) is 73.5 cm³/mol. The van der Waals surface area contributed by atoms with Crippen molar-refractivity contribution in [1.82, 2.24) is 0 Å². The lowest BCUT2D eigenvalue weighted by molar-refractivity contribution is 0.0921. The van der Waals surface area contributed by atoms with Crippen LogP contribution in [-0.2, 0) is 6.42 Å². The summed E-state index contributed by atoms with van der Waals surface area (Å²) in [7, 11) is 0. The number of aliphatic hydroxyl groups is 1. The first-order valence-corrected chi connectivity index (χ1v) is 6.21. The van der Waals surface area contributed by atoms with Gasteiger partial charge in [0, 0.05) is 12.2 Å². The number of hydrogen-bond donors (Lipinski definition) is 1. The normalized spacial score (nSPS) is 10.2. The molecular formula is C16H16O3. The molecule has 0 aliphatic heterocycles. The number of aliphatic hydroxyl groups excluding tert-OH is 1. The van der Waals surface area contributed by atoms with Crippen LogP contribution in [0.5, 0.6) is 5.75 Å². The van der Waals surface area contributed by atoms with Crippen molar-refractivity contribution in [3.8, 4) is 5.75 Å². The molecule has 1 N–H and O–H groups in total. The molecule has 0 spiro atoms. The largest absolute Gasteiger partial charge is 0.485 e. The van der Waals surface area contributed by atoms with E-state index in [-0.39, 0.29) is 19.0 Å². The molecule has 3 nitrogen and oxygen atoms in total. The van der Waals surface area contributed by atoms with Crippen molar-refractivity contribution in [3.05, 3.63) is 65.7 Å². The molecule has 19 heavy (non-hydrogen) atoms. The van der Waals surface area contributed by atoms with Gasteiger partial charge in [0.05, 0.1) is 0 Å². The molecule has 0 aliphatic carbocycles. The van der Waals surface area contributed by atoms with Crippen molar-refractivity contribution in [1.29, 1.82) is 0 Å². The van der Waals surface area contributed by atoms with Gasteiger partial charge in [-0.05, 0) is 18.1 Å². The molecule has 2 aromatic carbocycles. The highest BCUT2D eigenvalue weighted by Crippen LogP contribution is 2.18. The summed E-state index contributed by atoms with van der Waals surface area (Å²) < 4.78 is 5.55. The number of carbonyl (C=O) groups excluding carboxylic acids is 1. The smallest absolute Gasteiger partial charge is 0.200 e. The molecular weight excluding hydrogens is 240 g/mol. The van der Waals surface area contributed by atoms with Crippen molar-refractivity contribution in [2.24, 2.45) is 0 Å². The number of para-hydroxylation sites is 1. The Morgan fingerprint density at radius 2 is 1.68 bits per heavy atom. The third-order valence-corrected chi connectivity index (χ3v) is 2.81. The Hall–Kier alpha value is -2.13. The van der Waals surface area contributed by atoms with E-state index in [1.807, 2.05) is 42.5 Å². The van der Waals surface area contributed by atoms with Crippen LogP contribution in [-0.4, -0.2) is 24.1 Å². The van der Waals surface area contributed by atoms with Gasteiger partial charge in [0.2, 0.25) is 0 Å². The van der Waals surface area contributed by atoms with E-state index in [0.29, 0.717) is 17.7 Å². The molecule has 0 saturated carbocycles. The van der Waals surface area contributed by atoms with E-state index in [0.717, 1.165) is 5.56 Å². The first kappa shape index (κ1) is 13.3. The molecule has 98 valence electrons. The number of hydrogen-bond acceptors (Lipinski definition) is 3. The van der Waals surface area contributed by atoms with Crippen LogP contribution in [0.2, 0.25) is 0 Å². The van der Waals surface area contributed by atoms with Crippen LogP contribution < -0.4 is 4.74 Å². The van der Waals surface area contributed by atoms with Crippen LogP contribution in [0.25, 0.3) is 0 Å². The Kier molecular flexibility index (Phi) is 4.70. The zero-order chi connectivity index (χ0) is 13.5. The zero-order valence-electron chi connectivity index (χ0n) is 10.6. The van der Waals surface area contributed by atoms with Gasteiger partial charge in [-0.15, -0.1) is 0 Å². The predicted octanol–water partition coefficient (Wildman–Crippen LogP) is 2.48. The number of ketones is 1. The Balaban J connectivity index is 2.01. The number of benzene rings is 2. The molecule has 0 fully saturated rings. The number of ether oxygens (including phenoxy) is 1. The van der Waals surface area contributed by atoms with E-state index in [4.69, 9.17) is 9.84 Å². The van der Waals surface area contributed by atoms with E-state index in [1.54, 1.807) is 12.1 Å². The first-order chi connectivity index (χ1) is 9.31. The standard InChI is InChI=1S/C16H16O3/c17-11-10-14-8-4-5-9-16(14)19-12-15(18)13-6-2-1-3-7-13/h1-9,17H,10-12H2. The molecule has 0 atom stereocenters. The lowest BCUT2D eigenvalue weighted by atomic mass is 10.1. The molecule has 0 radical (unpaired) electrons. The van der Waals surface area contributed by atoms with E-state index < -0.39 is 0 Å². The molecule has 0 heterocycles. The quantitative estimate of drug-likeness (QED) is 0.808. The second kappa shape index (κ2) is 6.71. The summed E-state index contributed by atoms with van der Waals surface area (Å²) in [6, 6.07) is 16.5. The maximum absolute atomic E-state index is 11.9. The number of rotatable bonds is 6. The summed E-state index contributed by atoms with van der Waals surface area (Å²) in [5, 5.41) is 8.98. The third-order valence-electron chi connectivity index (χ3n) is 2.81. The maximum atomic E-state index is 11.9. The average molecular weight is 256 g/mol. The van der Waals surface area contributed by atoms with E-state index in [1.165, 1.54) is 0 Å². The Labute approximate surface area is 112 Å². The zero-order valence-corrected chi connectivity index (χ0v) is 10.6. The van der Waals surface area contributed by atoms with Crippen molar-refractivity contribution in [2.45, 2.75) is 6.42 Å². The first-order valence-electron chi connectivity index (χ1n) is 6.21. The van der Waals surface area contributed by atoms with Crippen LogP contribution in [0.4, 0.5) is 0 Å². The maximum Gasteiger partial charge on any atom is 0.200 e. The second-order valence-electron chi connectivity index (χ2n) is 4.16. The summed E-state index contributed by atoms with van der Waals surface area (Å²) >= 11 is 0. The van der Waals surface area contributed by atoms with Gasteiger partial charge in [0.15, 0.2) is 12.4 Å². The molecule has 2 rings (SSSR count). The fourth-order valence-corrected chi connectivity index (χ4v) is 1.82. The fourth-order valence-electron chi connectivity index (χ4n) is 1.82. The lowest BCUT2D eigenvalue weighted by Gasteiger charge is -2.10. The van der Waals surface area contributed by atoms with Crippen molar-refractivity contribution >= 4 is 5.78 Å². The lowest BCUT2D eigenvalue weighted by Crippen LogP contribution is -2.12. The van der Waals surface area contributed by atoms with Crippen molar-refractivity contribution in [3.63, 3.8) is 0 Å². The van der Waals surface area contributed by atoms with Gasteiger partial charge >= 0.3 is 0 Å². The molecule has 2 aromatic rings. The molecule has 0 unspecified atom stereocenters. The van der Waals surface area contributed by atoms with Crippen molar-refractivity contribution < 1.29 is 14.6 Å². The molecule has 0 aliphatic rings. The average Bonchev–Trinajstić information content (AvgIpc) is 2.47. The minimum Gasteiger partial charge on any atom is -0.485 e. The third kappa shape index (κ3) is 3.66. The highest BCUT2D eigenvalue weighted by atomic mass is 16.5. The van der Waals surface area contributed by atoms with Gasteiger partial charge in [-0.25, -0.2) is 0 Å². The van der Waals surface area contributed by atoms with E-state index in [9.17, 15) is 4.79 Å². The van der Waals surface area contributed by atoms with E-state index in [2.05, 4.69) is 0 Å². The van der Waals surface area contributed by atoms with Gasteiger partial charge in [-0.1, -0.05) is 48.5 Å². The molecule has 0 amide bonds. The summed E-state index contributed by atoms with van der Waals surface area (Å²) in [4.78, 5) is 11.9.